The van der Waals surface area contributed by atoms with Gasteiger partial charge >= 0.3 is 0 Å². The van der Waals surface area contributed by atoms with Crippen LogP contribution in [-0.2, 0) is 6.54 Å². The first kappa shape index (κ1) is 14.5. The van der Waals surface area contributed by atoms with E-state index in [9.17, 15) is 10.1 Å². The molecule has 19 heavy (non-hydrogen) atoms. The van der Waals surface area contributed by atoms with Crippen LogP contribution in [0, 0.1) is 16.0 Å². The van der Waals surface area contributed by atoms with Gasteiger partial charge in [0, 0.05) is 25.2 Å². The summed E-state index contributed by atoms with van der Waals surface area (Å²) in [4.78, 5) is 13.0. The molecule has 0 N–H and O–H groups in total. The van der Waals surface area contributed by atoms with Gasteiger partial charge in [0.2, 0.25) is 0 Å². The topological polar surface area (TPSA) is 46.4 Å². The SMILES string of the molecule is CC(C)N(Cc1ccc(Br)c([N+](=O)[O-])c1)CC1CC1. The summed E-state index contributed by atoms with van der Waals surface area (Å²) in [5.74, 6) is 0.827. The molecule has 1 aliphatic rings. The van der Waals surface area contributed by atoms with Crippen molar-refractivity contribution in [3.63, 3.8) is 0 Å². The van der Waals surface area contributed by atoms with Gasteiger partial charge in [-0.25, -0.2) is 0 Å². The molecule has 1 aliphatic carbocycles. The highest BCUT2D eigenvalue weighted by Gasteiger charge is 2.25. The van der Waals surface area contributed by atoms with Crippen molar-refractivity contribution < 1.29 is 4.92 Å². The second-order valence-electron chi connectivity index (χ2n) is 5.51. The normalized spacial score (nSPS) is 15.2. The van der Waals surface area contributed by atoms with E-state index in [4.69, 9.17) is 0 Å². The predicted octanol–water partition coefficient (Wildman–Crippen LogP) is 3.98. The average molecular weight is 327 g/mol. The summed E-state index contributed by atoms with van der Waals surface area (Å²) in [6, 6.07) is 5.86. The second kappa shape index (κ2) is 6.01. The number of nitrogens with zero attached hydrogens (tertiary/aromatic N) is 2. The van der Waals surface area contributed by atoms with Gasteiger partial charge in [-0.2, -0.15) is 0 Å². The molecule has 0 heterocycles. The quantitative estimate of drug-likeness (QED) is 0.586. The summed E-state index contributed by atoms with van der Waals surface area (Å²) >= 11 is 3.22. The number of halogens is 1. The first-order valence-electron chi connectivity index (χ1n) is 6.64. The van der Waals surface area contributed by atoms with Crippen LogP contribution in [-0.4, -0.2) is 22.4 Å². The summed E-state index contributed by atoms with van der Waals surface area (Å²) in [7, 11) is 0. The van der Waals surface area contributed by atoms with Crippen molar-refractivity contribution in [3.8, 4) is 0 Å². The summed E-state index contributed by atoms with van der Waals surface area (Å²) in [5.41, 5.74) is 1.15. The van der Waals surface area contributed by atoms with Crippen LogP contribution < -0.4 is 0 Å². The van der Waals surface area contributed by atoms with Crippen molar-refractivity contribution in [1.82, 2.24) is 4.90 Å². The standard InChI is InChI=1S/C14H19BrN2O2/c1-10(2)16(8-11-3-4-11)9-12-5-6-13(15)14(7-12)17(18)19/h5-7,10-11H,3-4,8-9H2,1-2H3. The van der Waals surface area contributed by atoms with Crippen LogP contribution in [0.25, 0.3) is 0 Å². The fourth-order valence-electron chi connectivity index (χ4n) is 2.12. The highest BCUT2D eigenvalue weighted by molar-refractivity contribution is 9.10. The van der Waals surface area contributed by atoms with Gasteiger partial charge in [-0.05, 0) is 60.2 Å². The summed E-state index contributed by atoms with van der Waals surface area (Å²) in [6.45, 7) is 6.23. The zero-order valence-electron chi connectivity index (χ0n) is 11.3. The minimum atomic E-state index is -0.339. The van der Waals surface area contributed by atoms with Crippen LogP contribution in [0.2, 0.25) is 0 Å². The number of benzene rings is 1. The van der Waals surface area contributed by atoms with Gasteiger partial charge in [-0.1, -0.05) is 6.07 Å². The Labute approximate surface area is 122 Å². The Morgan fingerprint density at radius 3 is 2.68 bits per heavy atom. The molecule has 0 unspecified atom stereocenters. The molecule has 0 aromatic heterocycles. The third-order valence-electron chi connectivity index (χ3n) is 3.51. The molecule has 1 fully saturated rings. The van der Waals surface area contributed by atoms with Gasteiger partial charge in [0.15, 0.2) is 0 Å². The zero-order valence-corrected chi connectivity index (χ0v) is 12.9. The Hall–Kier alpha value is -0.940. The molecule has 1 aromatic carbocycles. The Bertz CT molecular complexity index is 473. The molecule has 0 bridgehead atoms. The number of hydrogen-bond acceptors (Lipinski definition) is 3. The van der Waals surface area contributed by atoms with E-state index in [1.807, 2.05) is 6.07 Å². The molecule has 0 amide bonds. The molecule has 5 heteroatoms. The van der Waals surface area contributed by atoms with Gasteiger partial charge in [0.1, 0.15) is 0 Å². The van der Waals surface area contributed by atoms with Crippen molar-refractivity contribution >= 4 is 21.6 Å². The van der Waals surface area contributed by atoms with E-state index in [2.05, 4.69) is 34.7 Å². The van der Waals surface area contributed by atoms with E-state index < -0.39 is 0 Å². The molecule has 104 valence electrons. The molecule has 1 saturated carbocycles. The molecule has 1 aromatic rings. The largest absolute Gasteiger partial charge is 0.296 e. The van der Waals surface area contributed by atoms with Crippen LogP contribution in [0.3, 0.4) is 0 Å². The van der Waals surface area contributed by atoms with E-state index in [1.54, 1.807) is 12.1 Å². The summed E-state index contributed by atoms with van der Waals surface area (Å²) < 4.78 is 0.541. The molecule has 2 rings (SSSR count). The third kappa shape index (κ3) is 4.01. The van der Waals surface area contributed by atoms with Crippen molar-refractivity contribution in [1.29, 1.82) is 0 Å². The lowest BCUT2D eigenvalue weighted by Gasteiger charge is -2.26. The fraction of sp³-hybridized carbons (Fsp3) is 0.571. The summed E-state index contributed by atoms with van der Waals surface area (Å²) in [6.07, 6.45) is 2.65. The highest BCUT2D eigenvalue weighted by Crippen LogP contribution is 2.31. The molecule has 0 atom stereocenters. The van der Waals surface area contributed by atoms with Crippen LogP contribution >= 0.6 is 15.9 Å². The molecule has 0 saturated heterocycles. The molecular weight excluding hydrogens is 308 g/mol. The number of nitro benzene ring substituents is 1. The monoisotopic (exact) mass is 326 g/mol. The van der Waals surface area contributed by atoms with E-state index in [1.165, 1.54) is 12.8 Å². The van der Waals surface area contributed by atoms with Gasteiger partial charge in [0.05, 0.1) is 9.40 Å². The lowest BCUT2D eigenvalue weighted by Crippen LogP contribution is -2.32. The van der Waals surface area contributed by atoms with Crippen LogP contribution in [0.15, 0.2) is 22.7 Å². The first-order chi connectivity index (χ1) is 8.97. The zero-order chi connectivity index (χ0) is 14.0. The lowest BCUT2D eigenvalue weighted by molar-refractivity contribution is -0.385. The molecule has 4 nitrogen and oxygen atoms in total. The lowest BCUT2D eigenvalue weighted by atomic mass is 10.1. The maximum Gasteiger partial charge on any atom is 0.283 e. The minimum absolute atomic E-state index is 0.146. The number of hydrogen-bond donors (Lipinski definition) is 0. The average Bonchev–Trinajstić information content (AvgIpc) is 3.14. The van der Waals surface area contributed by atoms with Gasteiger partial charge in [-0.3, -0.25) is 15.0 Å². The molecule has 0 radical (unpaired) electrons. The van der Waals surface area contributed by atoms with E-state index in [0.717, 1.165) is 24.6 Å². The number of rotatable bonds is 6. The maximum absolute atomic E-state index is 10.9. The van der Waals surface area contributed by atoms with Gasteiger partial charge < -0.3 is 0 Å². The maximum atomic E-state index is 10.9. The Kier molecular flexibility index (Phi) is 4.58. The van der Waals surface area contributed by atoms with Crippen LogP contribution in [0.5, 0.6) is 0 Å². The van der Waals surface area contributed by atoms with E-state index >= 15 is 0 Å². The molecule has 0 aliphatic heterocycles. The van der Waals surface area contributed by atoms with Crippen molar-refractivity contribution in [2.75, 3.05) is 6.54 Å². The highest BCUT2D eigenvalue weighted by atomic mass is 79.9. The number of nitro groups is 1. The first-order valence-corrected chi connectivity index (χ1v) is 7.43. The van der Waals surface area contributed by atoms with Crippen molar-refractivity contribution in [3.05, 3.63) is 38.3 Å². The Morgan fingerprint density at radius 1 is 1.47 bits per heavy atom. The smallest absolute Gasteiger partial charge is 0.283 e. The van der Waals surface area contributed by atoms with Gasteiger partial charge in [0.25, 0.3) is 5.69 Å². The van der Waals surface area contributed by atoms with E-state index in [0.29, 0.717) is 10.5 Å². The van der Waals surface area contributed by atoms with E-state index in [-0.39, 0.29) is 10.6 Å². The van der Waals surface area contributed by atoms with Gasteiger partial charge in [-0.15, -0.1) is 0 Å². The van der Waals surface area contributed by atoms with Crippen LogP contribution in [0.1, 0.15) is 32.3 Å². The predicted molar refractivity (Wildman–Crippen MR) is 79.1 cm³/mol. The molecule has 0 spiro atoms. The second-order valence-corrected chi connectivity index (χ2v) is 6.36. The minimum Gasteiger partial charge on any atom is -0.296 e. The summed E-state index contributed by atoms with van der Waals surface area (Å²) in [5, 5.41) is 10.9. The Morgan fingerprint density at radius 2 is 2.16 bits per heavy atom. The Balaban J connectivity index is 2.11. The fourth-order valence-corrected chi connectivity index (χ4v) is 2.51. The van der Waals surface area contributed by atoms with Crippen molar-refractivity contribution in [2.45, 2.75) is 39.3 Å². The van der Waals surface area contributed by atoms with Crippen molar-refractivity contribution in [2.24, 2.45) is 5.92 Å². The third-order valence-corrected chi connectivity index (χ3v) is 4.18. The molecular formula is C14H19BrN2O2. The van der Waals surface area contributed by atoms with Crippen LogP contribution in [0.4, 0.5) is 5.69 Å².